The molecule has 15 nitrogen and oxygen atoms in total. The van der Waals surface area contributed by atoms with Gasteiger partial charge in [-0.2, -0.15) is 18.3 Å². The molecule has 1 heterocycles. The number of likely N-dealkylation sites (N-methyl/N-ethyl adjacent to an activating group) is 1. The van der Waals surface area contributed by atoms with Crippen LogP contribution >= 0.6 is 0 Å². The van der Waals surface area contributed by atoms with Gasteiger partial charge in [-0.3, -0.25) is 4.84 Å². The van der Waals surface area contributed by atoms with E-state index in [1.165, 1.54) is 26.1 Å². The first-order valence-electron chi connectivity index (χ1n) is 15.1. The van der Waals surface area contributed by atoms with Crippen LogP contribution in [0.15, 0.2) is 64.8 Å². The van der Waals surface area contributed by atoms with Gasteiger partial charge in [0.1, 0.15) is 18.2 Å². The van der Waals surface area contributed by atoms with Crippen molar-refractivity contribution in [2.75, 3.05) is 13.7 Å². The van der Waals surface area contributed by atoms with Crippen molar-refractivity contribution in [3.63, 3.8) is 0 Å². The number of nitrogens with zero attached hydrogens (tertiary/aromatic N) is 5. The van der Waals surface area contributed by atoms with Crippen molar-refractivity contribution >= 4 is 22.3 Å². The molecule has 0 spiro atoms. The van der Waals surface area contributed by atoms with Crippen LogP contribution in [0.3, 0.4) is 0 Å². The number of carbonyl (C=O) groups excluding carboxylic acids is 2. The molecule has 274 valence electrons. The molecular weight excluding hydrogens is 689 g/mol. The normalized spacial score (nSPS) is 13.7. The highest BCUT2D eigenvalue weighted by molar-refractivity contribution is 7.90. The number of halogens is 3. The topological polar surface area (TPSA) is 177 Å². The van der Waals surface area contributed by atoms with Gasteiger partial charge < -0.3 is 19.4 Å². The molecule has 0 aliphatic rings. The number of benzene rings is 2. The number of ether oxygens (including phenoxy) is 3. The molecule has 1 N–H and O–H groups in total. The molecule has 0 bridgehead atoms. The first-order valence-corrected chi connectivity index (χ1v) is 16.6. The van der Waals surface area contributed by atoms with E-state index in [9.17, 15) is 36.4 Å². The summed E-state index contributed by atoms with van der Waals surface area (Å²) < 4.78 is 84.2. The van der Waals surface area contributed by atoms with Crippen molar-refractivity contribution in [1.82, 2.24) is 19.5 Å². The van der Waals surface area contributed by atoms with Gasteiger partial charge >= 0.3 is 18.4 Å². The Morgan fingerprint density at radius 2 is 1.66 bits per heavy atom. The van der Waals surface area contributed by atoms with E-state index in [0.29, 0.717) is 5.56 Å². The summed E-state index contributed by atoms with van der Waals surface area (Å²) in [4.78, 5) is 28.8. The number of amides is 1. The lowest BCUT2D eigenvalue weighted by Crippen LogP contribution is -2.45. The Bertz CT molecular complexity index is 1770. The molecular formula is C31H39F3N6O9S. The zero-order valence-electron chi connectivity index (χ0n) is 28.6. The lowest BCUT2D eigenvalue weighted by atomic mass is 10.1. The lowest BCUT2D eigenvalue weighted by Gasteiger charge is -2.26. The summed E-state index contributed by atoms with van der Waals surface area (Å²) in [6.07, 6.45) is -8.42. The summed E-state index contributed by atoms with van der Waals surface area (Å²) in [5.74, 6) is -0.330. The SMILES string of the molecule is Cc1ccc(-c2cc(C(F)(F)F)nn2-c2ccc(S(=O)(=O)NC(=O)OC[C@H](C(C)C)N(C)[N+]([O-])=NOC(C)OC(=O)OC(C)(C)C)cc2)cc1. The van der Waals surface area contributed by atoms with Crippen molar-refractivity contribution in [1.29, 1.82) is 0 Å². The van der Waals surface area contributed by atoms with Gasteiger partial charge in [0, 0.05) is 12.5 Å². The Balaban J connectivity index is 1.67. The number of hydrogen-bond donors (Lipinski definition) is 1. The van der Waals surface area contributed by atoms with E-state index >= 15 is 0 Å². The van der Waals surface area contributed by atoms with Crippen molar-refractivity contribution < 1.29 is 55.2 Å². The third-order valence-corrected chi connectivity index (χ3v) is 8.11. The van der Waals surface area contributed by atoms with Crippen LogP contribution in [-0.2, 0) is 35.2 Å². The van der Waals surface area contributed by atoms with Gasteiger partial charge in [-0.05, 0) is 63.9 Å². The van der Waals surface area contributed by atoms with E-state index in [4.69, 9.17) is 19.0 Å². The quantitative estimate of drug-likeness (QED) is 0.0723. The van der Waals surface area contributed by atoms with E-state index in [2.05, 4.69) is 10.4 Å². The highest BCUT2D eigenvalue weighted by atomic mass is 32.2. The Hall–Kier alpha value is -5.07. The van der Waals surface area contributed by atoms with Gasteiger partial charge in [-0.15, -0.1) is 5.01 Å². The number of alkyl halides is 3. The maximum absolute atomic E-state index is 13.5. The second kappa shape index (κ2) is 15.6. The fourth-order valence-corrected chi connectivity index (χ4v) is 5.12. The molecule has 0 saturated carbocycles. The predicted molar refractivity (Wildman–Crippen MR) is 171 cm³/mol. The molecule has 0 saturated heterocycles. The number of hydrogen-bond acceptors (Lipinski definition) is 11. The summed E-state index contributed by atoms with van der Waals surface area (Å²) in [5, 5.41) is 20.6. The van der Waals surface area contributed by atoms with Crippen LogP contribution in [0.4, 0.5) is 22.8 Å². The van der Waals surface area contributed by atoms with Crippen LogP contribution in [0.5, 0.6) is 0 Å². The zero-order valence-corrected chi connectivity index (χ0v) is 29.4. The first kappa shape index (κ1) is 39.4. The number of aromatic nitrogens is 2. The summed E-state index contributed by atoms with van der Waals surface area (Å²) in [5.41, 5.74) is -0.355. The largest absolute Gasteiger partial charge is 0.569 e. The second-order valence-electron chi connectivity index (χ2n) is 12.4. The Labute approximate surface area is 287 Å². The van der Waals surface area contributed by atoms with E-state index in [1.807, 2.05) is 6.92 Å². The zero-order chi connectivity index (χ0) is 37.6. The third-order valence-electron chi connectivity index (χ3n) is 6.78. The van der Waals surface area contributed by atoms with Crippen LogP contribution in [0.1, 0.15) is 52.8 Å². The average molecular weight is 729 g/mol. The third kappa shape index (κ3) is 11.0. The van der Waals surface area contributed by atoms with Gasteiger partial charge in [0.25, 0.3) is 16.3 Å². The number of rotatable bonds is 12. The fraction of sp³-hybridized carbons (Fsp3) is 0.452. The van der Waals surface area contributed by atoms with Crippen LogP contribution in [-0.4, -0.2) is 72.0 Å². The summed E-state index contributed by atoms with van der Waals surface area (Å²) in [6.45, 7) is 11.0. The molecule has 19 heteroatoms. The molecule has 1 aromatic heterocycles. The smallest absolute Gasteiger partial charge is 0.511 e. The first-order chi connectivity index (χ1) is 23.1. The standard InChI is InChI=1S/C31H39F3N6O9S/c1-19(2)26(38(8)40(43)37-49-21(4)47-29(42)48-30(5,6)7)18-46-28(41)36-50(44,45)24-15-13-23(14-16-24)39-25(17-27(35-39)31(32,33)34)22-11-9-20(3)10-12-22/h9-17,19,21,26H,18H2,1-8H3,(H,36,41)/t21?,26-/m1/s1. The minimum Gasteiger partial charge on any atom is -0.569 e. The summed E-state index contributed by atoms with van der Waals surface area (Å²) in [7, 11) is -3.19. The van der Waals surface area contributed by atoms with Crippen molar-refractivity contribution in [2.24, 2.45) is 11.2 Å². The molecule has 0 fully saturated rings. The van der Waals surface area contributed by atoms with E-state index in [1.54, 1.807) is 63.6 Å². The Morgan fingerprint density at radius 3 is 2.20 bits per heavy atom. The maximum atomic E-state index is 13.5. The number of hydrazine groups is 1. The van der Waals surface area contributed by atoms with Crippen LogP contribution in [0.2, 0.25) is 0 Å². The molecule has 2 aromatic carbocycles. The molecule has 1 amide bonds. The van der Waals surface area contributed by atoms with Crippen molar-refractivity contribution in [2.45, 2.75) is 77.5 Å². The number of sulfonamides is 1. The molecule has 50 heavy (non-hydrogen) atoms. The van der Waals surface area contributed by atoms with Gasteiger partial charge in [0.05, 0.1) is 28.3 Å². The minimum atomic E-state index is -4.73. The average Bonchev–Trinajstić information content (AvgIpc) is 3.45. The fourth-order valence-electron chi connectivity index (χ4n) is 4.23. The molecule has 2 atom stereocenters. The predicted octanol–water partition coefficient (Wildman–Crippen LogP) is 6.34. The van der Waals surface area contributed by atoms with Gasteiger partial charge in [-0.1, -0.05) is 43.7 Å². The Kier molecular flexibility index (Phi) is 12.3. The van der Waals surface area contributed by atoms with Crippen LogP contribution < -0.4 is 4.72 Å². The highest BCUT2D eigenvalue weighted by Crippen LogP contribution is 2.33. The maximum Gasteiger partial charge on any atom is 0.511 e. The Morgan fingerprint density at radius 1 is 1.06 bits per heavy atom. The minimum absolute atomic E-state index is 0.0285. The second-order valence-corrected chi connectivity index (χ2v) is 14.0. The van der Waals surface area contributed by atoms with Crippen LogP contribution in [0, 0.1) is 18.0 Å². The molecule has 0 aliphatic carbocycles. The summed E-state index contributed by atoms with van der Waals surface area (Å²) in [6, 6.07) is 11.5. The molecule has 0 radical (unpaired) electrons. The number of carbonyl (C=O) groups is 2. The van der Waals surface area contributed by atoms with Gasteiger partial charge in [0.2, 0.25) is 5.28 Å². The lowest BCUT2D eigenvalue weighted by molar-refractivity contribution is -0.716. The summed E-state index contributed by atoms with van der Waals surface area (Å²) >= 11 is 0. The van der Waals surface area contributed by atoms with Gasteiger partial charge in [0.15, 0.2) is 5.69 Å². The number of nitrogens with one attached hydrogen (secondary N) is 1. The van der Waals surface area contributed by atoms with E-state index < -0.39 is 58.7 Å². The number of aryl methyl sites for hydroxylation is 1. The molecule has 1 unspecified atom stereocenters. The highest BCUT2D eigenvalue weighted by Gasteiger charge is 2.35. The molecule has 0 aliphatic heterocycles. The van der Waals surface area contributed by atoms with Gasteiger partial charge in [-0.25, -0.2) is 27.4 Å². The van der Waals surface area contributed by atoms with Crippen molar-refractivity contribution in [3.05, 3.63) is 71.1 Å². The molecule has 3 rings (SSSR count). The monoisotopic (exact) mass is 728 g/mol. The van der Waals surface area contributed by atoms with Crippen LogP contribution in [0.25, 0.3) is 16.9 Å². The molecule has 3 aromatic rings. The van der Waals surface area contributed by atoms with Crippen molar-refractivity contribution in [3.8, 4) is 16.9 Å². The van der Waals surface area contributed by atoms with E-state index in [-0.39, 0.29) is 27.2 Å². The van der Waals surface area contributed by atoms with E-state index in [0.717, 1.165) is 33.5 Å².